The Morgan fingerprint density at radius 2 is 1.76 bits per heavy atom. The first kappa shape index (κ1) is 21.8. The summed E-state index contributed by atoms with van der Waals surface area (Å²) in [7, 11) is 0. The van der Waals surface area contributed by atoms with Gasteiger partial charge in [-0.05, 0) is 68.3 Å². The lowest BCUT2D eigenvalue weighted by Gasteiger charge is -2.05. The molecule has 0 unspecified atom stereocenters. The van der Waals surface area contributed by atoms with Crippen LogP contribution in [0.25, 0.3) is 22.4 Å². The summed E-state index contributed by atoms with van der Waals surface area (Å²) < 4.78 is 3.65. The highest BCUT2D eigenvalue weighted by Crippen LogP contribution is 2.25. The van der Waals surface area contributed by atoms with Crippen LogP contribution < -0.4 is 5.32 Å². The molecule has 34 heavy (non-hydrogen) atoms. The number of nitrogens with one attached hydrogen (secondary N) is 1. The largest absolute Gasteiger partial charge is 0.325 e. The minimum absolute atomic E-state index is 0.0134. The molecule has 3 aromatic heterocycles. The minimum Gasteiger partial charge on any atom is -0.325 e. The van der Waals surface area contributed by atoms with Crippen LogP contribution in [0, 0.1) is 13.8 Å². The number of rotatable bonds is 6. The molecule has 2 aromatic carbocycles. The molecule has 3 heterocycles. The Bertz CT molecular complexity index is 1550. The standard InChI is InChI=1S/C25H22N6O2S/c1-15-4-5-19(12-16(15)2)21-13-22-24-27-28-25(30(24)10-11-31(22)29-21)34-14-23(33)26-20-8-6-18(7-9-20)17(3)32/h4-13H,14H2,1-3H3,(H,26,33). The predicted octanol–water partition coefficient (Wildman–Crippen LogP) is 4.59. The maximum absolute atomic E-state index is 12.4. The molecule has 5 aromatic rings. The molecule has 1 amide bonds. The number of carbonyl (C=O) groups excluding carboxylic acids is 2. The van der Waals surface area contributed by atoms with E-state index in [1.54, 1.807) is 28.8 Å². The van der Waals surface area contributed by atoms with Crippen molar-refractivity contribution in [3.63, 3.8) is 0 Å². The Balaban J connectivity index is 1.33. The van der Waals surface area contributed by atoms with E-state index < -0.39 is 0 Å². The number of Topliss-reactive ketones (excluding diaryl/α,β-unsaturated/α-hetero) is 1. The first-order valence-corrected chi connectivity index (χ1v) is 11.7. The van der Waals surface area contributed by atoms with Crippen LogP contribution in [0.3, 0.4) is 0 Å². The molecule has 9 heteroatoms. The van der Waals surface area contributed by atoms with Crippen LogP contribution in [-0.4, -0.2) is 41.7 Å². The van der Waals surface area contributed by atoms with E-state index in [1.807, 2.05) is 22.9 Å². The van der Waals surface area contributed by atoms with Crippen molar-refractivity contribution >= 4 is 40.3 Å². The predicted molar refractivity (Wildman–Crippen MR) is 132 cm³/mol. The lowest BCUT2D eigenvalue weighted by Crippen LogP contribution is -2.14. The van der Waals surface area contributed by atoms with Crippen molar-refractivity contribution in [1.82, 2.24) is 24.2 Å². The lowest BCUT2D eigenvalue weighted by atomic mass is 10.0. The Morgan fingerprint density at radius 3 is 2.50 bits per heavy atom. The number of benzene rings is 2. The number of aromatic nitrogens is 5. The van der Waals surface area contributed by atoms with Gasteiger partial charge in [-0.15, -0.1) is 10.2 Å². The second-order valence-corrected chi connectivity index (χ2v) is 9.05. The van der Waals surface area contributed by atoms with Crippen molar-refractivity contribution in [3.8, 4) is 11.3 Å². The van der Waals surface area contributed by atoms with Gasteiger partial charge in [0, 0.05) is 29.2 Å². The van der Waals surface area contributed by atoms with E-state index in [-0.39, 0.29) is 17.4 Å². The minimum atomic E-state index is -0.167. The van der Waals surface area contributed by atoms with Gasteiger partial charge in [-0.1, -0.05) is 23.9 Å². The van der Waals surface area contributed by atoms with E-state index >= 15 is 0 Å². The number of nitrogens with zero attached hydrogens (tertiary/aromatic N) is 5. The molecule has 0 radical (unpaired) electrons. The molecule has 0 fully saturated rings. The lowest BCUT2D eigenvalue weighted by molar-refractivity contribution is -0.113. The summed E-state index contributed by atoms with van der Waals surface area (Å²) >= 11 is 1.30. The summed E-state index contributed by atoms with van der Waals surface area (Å²) in [6.07, 6.45) is 3.71. The molecule has 0 atom stereocenters. The van der Waals surface area contributed by atoms with Gasteiger partial charge < -0.3 is 5.32 Å². The molecule has 0 bridgehead atoms. The average molecular weight is 471 g/mol. The molecule has 170 valence electrons. The molecule has 8 nitrogen and oxygen atoms in total. The number of thioether (sulfide) groups is 1. The van der Waals surface area contributed by atoms with Crippen molar-refractivity contribution in [2.24, 2.45) is 0 Å². The van der Waals surface area contributed by atoms with Crippen LogP contribution in [0.5, 0.6) is 0 Å². The zero-order chi connectivity index (χ0) is 23.8. The summed E-state index contributed by atoms with van der Waals surface area (Å²) in [5.74, 6) is -0.00609. The summed E-state index contributed by atoms with van der Waals surface area (Å²) in [5.41, 5.74) is 7.13. The highest BCUT2D eigenvalue weighted by molar-refractivity contribution is 7.99. The maximum atomic E-state index is 12.4. The summed E-state index contributed by atoms with van der Waals surface area (Å²) in [5, 5.41) is 16.8. The van der Waals surface area contributed by atoms with Gasteiger partial charge in [-0.3, -0.25) is 14.0 Å². The molecule has 1 N–H and O–H groups in total. The van der Waals surface area contributed by atoms with Gasteiger partial charge in [0.2, 0.25) is 5.91 Å². The van der Waals surface area contributed by atoms with E-state index in [0.717, 1.165) is 16.8 Å². The highest BCUT2D eigenvalue weighted by Gasteiger charge is 2.14. The number of aryl methyl sites for hydroxylation is 2. The van der Waals surface area contributed by atoms with E-state index in [1.165, 1.54) is 29.8 Å². The van der Waals surface area contributed by atoms with E-state index in [2.05, 4.69) is 47.6 Å². The molecule has 0 saturated carbocycles. The Morgan fingerprint density at radius 1 is 0.971 bits per heavy atom. The van der Waals surface area contributed by atoms with Crippen LogP contribution >= 0.6 is 11.8 Å². The fourth-order valence-electron chi connectivity index (χ4n) is 3.65. The SMILES string of the molecule is CC(=O)c1ccc(NC(=O)CSc2nnc3c4cc(-c5ccc(C)c(C)c5)nn4ccn23)cc1. The molecule has 0 saturated heterocycles. The van der Waals surface area contributed by atoms with Crippen LogP contribution in [0.1, 0.15) is 28.4 Å². The summed E-state index contributed by atoms with van der Waals surface area (Å²) in [6, 6.07) is 15.1. The number of hydrogen-bond donors (Lipinski definition) is 1. The van der Waals surface area contributed by atoms with Gasteiger partial charge in [-0.2, -0.15) is 5.10 Å². The van der Waals surface area contributed by atoms with Crippen LogP contribution in [0.4, 0.5) is 5.69 Å². The quantitative estimate of drug-likeness (QED) is 0.288. The Hall–Kier alpha value is -3.98. The molecule has 0 aliphatic rings. The summed E-state index contributed by atoms with van der Waals surface area (Å²) in [4.78, 5) is 23.8. The van der Waals surface area contributed by atoms with E-state index in [4.69, 9.17) is 5.10 Å². The van der Waals surface area contributed by atoms with Crippen molar-refractivity contribution in [1.29, 1.82) is 0 Å². The average Bonchev–Trinajstić information content (AvgIpc) is 3.44. The maximum Gasteiger partial charge on any atom is 0.234 e. The van der Waals surface area contributed by atoms with Gasteiger partial charge in [0.05, 0.1) is 11.4 Å². The molecule has 5 rings (SSSR count). The second kappa shape index (κ2) is 8.75. The van der Waals surface area contributed by atoms with Gasteiger partial charge >= 0.3 is 0 Å². The molecular weight excluding hydrogens is 448 g/mol. The van der Waals surface area contributed by atoms with Crippen molar-refractivity contribution < 1.29 is 9.59 Å². The van der Waals surface area contributed by atoms with Crippen molar-refractivity contribution in [2.45, 2.75) is 25.9 Å². The first-order chi connectivity index (χ1) is 16.4. The number of fused-ring (bicyclic) bond motifs is 3. The number of amides is 1. The van der Waals surface area contributed by atoms with Crippen LogP contribution in [0.15, 0.2) is 66.1 Å². The van der Waals surface area contributed by atoms with Crippen molar-refractivity contribution in [2.75, 3.05) is 11.1 Å². The number of ketones is 1. The molecule has 0 aliphatic heterocycles. The van der Waals surface area contributed by atoms with Gasteiger partial charge in [0.1, 0.15) is 5.52 Å². The Labute approximate surface area is 200 Å². The fourth-order valence-corrected chi connectivity index (χ4v) is 4.36. The smallest absolute Gasteiger partial charge is 0.234 e. The highest BCUT2D eigenvalue weighted by atomic mass is 32.2. The second-order valence-electron chi connectivity index (χ2n) is 8.10. The molecule has 0 aliphatic carbocycles. The zero-order valence-electron chi connectivity index (χ0n) is 18.9. The molecular formula is C25H22N6O2S. The number of carbonyl (C=O) groups is 2. The third-order valence-corrected chi connectivity index (χ3v) is 6.64. The summed E-state index contributed by atoms with van der Waals surface area (Å²) in [6.45, 7) is 5.69. The zero-order valence-corrected chi connectivity index (χ0v) is 19.8. The molecule has 0 spiro atoms. The Kier molecular flexibility index (Phi) is 5.62. The van der Waals surface area contributed by atoms with Crippen LogP contribution in [0.2, 0.25) is 0 Å². The fraction of sp³-hybridized carbons (Fsp3) is 0.160. The normalized spacial score (nSPS) is 11.3. The van der Waals surface area contributed by atoms with Gasteiger partial charge in [0.15, 0.2) is 16.6 Å². The third-order valence-electron chi connectivity index (χ3n) is 5.70. The van der Waals surface area contributed by atoms with Crippen molar-refractivity contribution in [3.05, 3.63) is 77.6 Å². The van der Waals surface area contributed by atoms with Gasteiger partial charge in [-0.25, -0.2) is 4.52 Å². The third kappa shape index (κ3) is 4.17. The number of anilines is 1. The van der Waals surface area contributed by atoms with Gasteiger partial charge in [0.25, 0.3) is 0 Å². The topological polar surface area (TPSA) is 93.7 Å². The first-order valence-electron chi connectivity index (χ1n) is 10.7. The number of hydrogen-bond acceptors (Lipinski definition) is 6. The van der Waals surface area contributed by atoms with E-state index in [0.29, 0.717) is 22.1 Å². The van der Waals surface area contributed by atoms with E-state index in [9.17, 15) is 9.59 Å². The monoisotopic (exact) mass is 470 g/mol. The van der Waals surface area contributed by atoms with Crippen LogP contribution in [-0.2, 0) is 4.79 Å².